The van der Waals surface area contributed by atoms with Crippen LogP contribution in [0.25, 0.3) is 10.8 Å². The third kappa shape index (κ3) is 4.51. The lowest BCUT2D eigenvalue weighted by Crippen LogP contribution is -2.56. The Morgan fingerprint density at radius 3 is 2.47 bits per heavy atom. The molecule has 13 heteroatoms. The van der Waals surface area contributed by atoms with Crippen LogP contribution in [0, 0.1) is 0 Å². The minimum Gasteiger partial charge on any atom is -0.394 e. The molecule has 1 fully saturated rings. The summed E-state index contributed by atoms with van der Waals surface area (Å²) in [5.74, 6) is 0. The van der Waals surface area contributed by atoms with Crippen molar-refractivity contribution in [3.05, 3.63) is 48.3 Å². The van der Waals surface area contributed by atoms with Gasteiger partial charge < -0.3 is 30.1 Å². The minimum atomic E-state index is -3.91. The molecule has 0 aliphatic carbocycles. The lowest BCUT2D eigenvalue weighted by atomic mass is 9.98. The maximum Gasteiger partial charge on any atom is 0.241 e. The molecule has 0 bridgehead atoms. The van der Waals surface area contributed by atoms with E-state index < -0.39 is 47.3 Å². The minimum absolute atomic E-state index is 0.120. The molecule has 12 nitrogen and oxygen atoms in total. The zero-order chi connectivity index (χ0) is 24.6. The quantitative estimate of drug-likeness (QED) is 0.274. The van der Waals surface area contributed by atoms with Crippen LogP contribution in [0.1, 0.15) is 11.9 Å². The molecule has 0 radical (unpaired) electrons. The highest BCUT2D eigenvalue weighted by atomic mass is 32.2. The lowest BCUT2D eigenvalue weighted by molar-refractivity contribution is -0.254. The van der Waals surface area contributed by atoms with Crippen LogP contribution >= 0.6 is 0 Å². The number of hydrogen-bond donors (Lipinski definition) is 5. The summed E-state index contributed by atoms with van der Waals surface area (Å²) in [6, 6.07) is 10.5. The van der Waals surface area contributed by atoms with Crippen LogP contribution in [-0.2, 0) is 21.3 Å². The van der Waals surface area contributed by atoms with E-state index in [1.807, 2.05) is 31.1 Å². The van der Waals surface area contributed by atoms with Gasteiger partial charge in [0.1, 0.15) is 24.4 Å². The van der Waals surface area contributed by atoms with Crippen molar-refractivity contribution in [2.24, 2.45) is 0 Å². The maximum atomic E-state index is 13.1. The number of nitrogens with one attached hydrogen (secondary N) is 1. The van der Waals surface area contributed by atoms with Crippen molar-refractivity contribution >= 4 is 26.5 Å². The number of benzene rings is 2. The Morgan fingerprint density at radius 2 is 1.76 bits per heavy atom. The Bertz CT molecular complexity index is 1260. The molecule has 5 N–H and O–H groups in total. The highest BCUT2D eigenvalue weighted by Crippen LogP contribution is 2.30. The van der Waals surface area contributed by atoms with Crippen molar-refractivity contribution < 1.29 is 33.6 Å². The first-order valence-electron chi connectivity index (χ1n) is 10.5. The molecule has 3 aromatic rings. The number of ether oxygens (including phenoxy) is 1. The summed E-state index contributed by atoms with van der Waals surface area (Å²) in [6.45, 7) is -0.771. The second kappa shape index (κ2) is 9.54. The molecule has 5 atom stereocenters. The van der Waals surface area contributed by atoms with Gasteiger partial charge in [0.05, 0.1) is 29.9 Å². The summed E-state index contributed by atoms with van der Waals surface area (Å²) in [7, 11) is -0.151. The maximum absolute atomic E-state index is 13.1. The van der Waals surface area contributed by atoms with Gasteiger partial charge in [0.15, 0.2) is 6.23 Å². The number of rotatable bonds is 7. The molecule has 1 aliphatic rings. The molecule has 1 aromatic heterocycles. The van der Waals surface area contributed by atoms with E-state index >= 15 is 0 Å². The van der Waals surface area contributed by atoms with Crippen LogP contribution in [0.4, 0.5) is 5.69 Å². The number of aliphatic hydroxyl groups excluding tert-OH is 4. The van der Waals surface area contributed by atoms with Gasteiger partial charge in [-0.1, -0.05) is 29.5 Å². The van der Waals surface area contributed by atoms with Gasteiger partial charge >= 0.3 is 0 Å². The fourth-order valence-corrected chi connectivity index (χ4v) is 5.17. The normalized spacial score (nSPS) is 25.5. The summed E-state index contributed by atoms with van der Waals surface area (Å²) >= 11 is 0. The van der Waals surface area contributed by atoms with Gasteiger partial charge in [0.2, 0.25) is 10.0 Å². The van der Waals surface area contributed by atoms with E-state index in [2.05, 4.69) is 15.0 Å². The van der Waals surface area contributed by atoms with Crippen molar-refractivity contribution in [2.75, 3.05) is 25.6 Å². The van der Waals surface area contributed by atoms with E-state index in [1.165, 1.54) is 12.3 Å². The molecule has 1 unspecified atom stereocenters. The van der Waals surface area contributed by atoms with E-state index in [4.69, 9.17) is 4.74 Å². The molecule has 0 amide bonds. The zero-order valence-electron chi connectivity index (χ0n) is 18.6. The number of fused-ring (bicyclic) bond motifs is 1. The van der Waals surface area contributed by atoms with Gasteiger partial charge in [-0.15, -0.1) is 5.10 Å². The first kappa shape index (κ1) is 24.5. The Balaban J connectivity index is 1.53. The van der Waals surface area contributed by atoms with Gasteiger partial charge in [-0.2, -0.15) is 0 Å². The van der Waals surface area contributed by atoms with Gasteiger partial charge in [-0.25, -0.2) is 17.8 Å². The monoisotopic (exact) mass is 493 g/mol. The van der Waals surface area contributed by atoms with Crippen molar-refractivity contribution in [2.45, 2.75) is 42.1 Å². The van der Waals surface area contributed by atoms with Crippen LogP contribution in [0.15, 0.2) is 47.5 Å². The first-order valence-corrected chi connectivity index (χ1v) is 12.0. The van der Waals surface area contributed by atoms with Crippen LogP contribution in [-0.4, -0.2) is 89.0 Å². The second-order valence-electron chi connectivity index (χ2n) is 8.26. The summed E-state index contributed by atoms with van der Waals surface area (Å²) in [4.78, 5) is 2.03. The molecule has 2 aromatic carbocycles. The Hall–Kier alpha value is -2.65. The SMILES string of the molecule is CN(C)c1cccc2c(S(=O)(=O)NCc3cn(C4O[C@H](CO)[C@@H](O)[C@H](O)[C@H]4O)nn3)cccc12. The summed E-state index contributed by atoms with van der Waals surface area (Å²) < 4.78 is 35.2. The Morgan fingerprint density at radius 1 is 1.06 bits per heavy atom. The second-order valence-corrected chi connectivity index (χ2v) is 9.99. The molecular formula is C21H27N5O7S. The predicted molar refractivity (Wildman–Crippen MR) is 121 cm³/mol. The molecular weight excluding hydrogens is 466 g/mol. The molecule has 34 heavy (non-hydrogen) atoms. The molecule has 0 saturated carbocycles. The van der Waals surface area contributed by atoms with Crippen LogP contribution in [0.3, 0.4) is 0 Å². The fraction of sp³-hybridized carbons (Fsp3) is 0.429. The van der Waals surface area contributed by atoms with Crippen LogP contribution in [0.5, 0.6) is 0 Å². The van der Waals surface area contributed by atoms with Crippen LogP contribution in [0.2, 0.25) is 0 Å². The van der Waals surface area contributed by atoms with E-state index in [1.54, 1.807) is 18.2 Å². The van der Waals surface area contributed by atoms with Gasteiger partial charge in [-0.3, -0.25) is 0 Å². The topological polar surface area (TPSA) is 170 Å². The molecule has 1 saturated heterocycles. The third-order valence-corrected chi connectivity index (χ3v) is 7.22. The summed E-state index contributed by atoms with van der Waals surface area (Å²) in [5.41, 5.74) is 1.12. The lowest BCUT2D eigenvalue weighted by Gasteiger charge is -2.39. The third-order valence-electron chi connectivity index (χ3n) is 5.76. The Labute approximate surface area is 196 Å². The molecule has 2 heterocycles. The van der Waals surface area contributed by atoms with E-state index in [0.29, 0.717) is 5.39 Å². The standard InChI is InChI=1S/C21H27N5O7S/c1-25(2)15-7-3-6-14-13(15)5-4-8-17(14)34(31,32)22-9-12-10-26(24-23-12)21-20(30)19(29)18(28)16(11-27)33-21/h3-8,10,16,18-22,27-30H,9,11H2,1-2H3/t16-,18-,19+,20-,21?/m1/s1. The number of hydrogen-bond acceptors (Lipinski definition) is 10. The van der Waals surface area contributed by atoms with Gasteiger partial charge in [0.25, 0.3) is 0 Å². The largest absolute Gasteiger partial charge is 0.394 e. The molecule has 4 rings (SSSR count). The highest BCUT2D eigenvalue weighted by molar-refractivity contribution is 7.89. The number of nitrogens with zero attached hydrogens (tertiary/aromatic N) is 4. The van der Waals surface area contributed by atoms with Crippen molar-refractivity contribution in [3.8, 4) is 0 Å². The molecule has 0 spiro atoms. The van der Waals surface area contributed by atoms with Crippen molar-refractivity contribution in [3.63, 3.8) is 0 Å². The van der Waals surface area contributed by atoms with Gasteiger partial charge in [-0.05, 0) is 12.1 Å². The zero-order valence-corrected chi connectivity index (χ0v) is 19.4. The number of aromatic nitrogens is 3. The fourth-order valence-electron chi connectivity index (χ4n) is 3.95. The summed E-state index contributed by atoms with van der Waals surface area (Å²) in [6.07, 6.45) is -5.59. The average Bonchev–Trinajstić information content (AvgIpc) is 3.29. The van der Waals surface area contributed by atoms with Crippen LogP contribution < -0.4 is 9.62 Å². The van der Waals surface area contributed by atoms with E-state index in [-0.39, 0.29) is 17.1 Å². The van der Waals surface area contributed by atoms with E-state index in [0.717, 1.165) is 15.8 Å². The van der Waals surface area contributed by atoms with Gasteiger partial charge in [0, 0.05) is 30.6 Å². The Kier molecular flexibility index (Phi) is 6.87. The highest BCUT2D eigenvalue weighted by Gasteiger charge is 2.44. The summed E-state index contributed by atoms with van der Waals surface area (Å²) in [5, 5.41) is 48.6. The first-order chi connectivity index (χ1) is 16.1. The van der Waals surface area contributed by atoms with Crippen molar-refractivity contribution in [1.82, 2.24) is 19.7 Å². The molecule has 184 valence electrons. The number of aliphatic hydroxyl groups is 4. The predicted octanol–water partition coefficient (Wildman–Crippen LogP) is -1.05. The number of sulfonamides is 1. The number of anilines is 1. The average molecular weight is 494 g/mol. The molecule has 1 aliphatic heterocycles. The smallest absolute Gasteiger partial charge is 0.241 e. The van der Waals surface area contributed by atoms with E-state index in [9.17, 15) is 28.8 Å². The van der Waals surface area contributed by atoms with Crippen molar-refractivity contribution in [1.29, 1.82) is 0 Å².